The minimum Gasteiger partial charge on any atom is -0.493 e. The number of amides is 1. The van der Waals surface area contributed by atoms with Crippen LogP contribution < -0.4 is 10.1 Å². The van der Waals surface area contributed by atoms with E-state index in [1.807, 2.05) is 40.7 Å². The van der Waals surface area contributed by atoms with Gasteiger partial charge in [0.15, 0.2) is 0 Å². The van der Waals surface area contributed by atoms with Crippen LogP contribution in [0.3, 0.4) is 0 Å². The number of aryl methyl sites for hydroxylation is 3. The molecule has 0 aliphatic heterocycles. The van der Waals surface area contributed by atoms with Gasteiger partial charge in [-0.25, -0.2) is 0 Å². The molecule has 0 aliphatic carbocycles. The smallest absolute Gasteiger partial charge is 0.244 e. The Morgan fingerprint density at radius 3 is 2.64 bits per heavy atom. The van der Waals surface area contributed by atoms with Gasteiger partial charge < -0.3 is 19.2 Å². The molecular formula is C20H27NO4. The second-order valence-corrected chi connectivity index (χ2v) is 6.08. The topological polar surface area (TPSA) is 60.7 Å². The van der Waals surface area contributed by atoms with Crippen LogP contribution in [0.4, 0.5) is 0 Å². The molecule has 0 saturated heterocycles. The van der Waals surface area contributed by atoms with Crippen LogP contribution in [-0.4, -0.2) is 32.8 Å². The van der Waals surface area contributed by atoms with Crippen LogP contribution in [0.1, 0.15) is 36.3 Å². The average Bonchev–Trinajstić information content (AvgIpc) is 2.85. The Hall–Kier alpha value is -2.27. The molecule has 0 radical (unpaired) electrons. The van der Waals surface area contributed by atoms with E-state index in [-0.39, 0.29) is 5.91 Å². The molecule has 1 heterocycles. The molecule has 0 aliphatic rings. The van der Waals surface area contributed by atoms with Crippen LogP contribution in [0.5, 0.6) is 5.75 Å². The summed E-state index contributed by atoms with van der Waals surface area (Å²) >= 11 is 0. The molecule has 5 nitrogen and oxygen atoms in total. The minimum atomic E-state index is -0.144. The van der Waals surface area contributed by atoms with Gasteiger partial charge in [-0.05, 0) is 51.8 Å². The van der Waals surface area contributed by atoms with E-state index in [0.717, 1.165) is 44.7 Å². The Kier molecular flexibility index (Phi) is 6.26. The fraction of sp³-hybridized carbons (Fsp3) is 0.450. The normalized spacial score (nSPS) is 11.8. The van der Waals surface area contributed by atoms with Gasteiger partial charge >= 0.3 is 0 Å². The molecule has 2 aromatic rings. The fourth-order valence-corrected chi connectivity index (χ4v) is 2.84. The number of carbonyl (C=O) groups excluding carboxylic acids is 1. The molecular weight excluding hydrogens is 318 g/mol. The van der Waals surface area contributed by atoms with Crippen molar-refractivity contribution in [1.82, 2.24) is 5.32 Å². The molecule has 2 rings (SSSR count). The standard InChI is InChI=1S/C20H27NO4/c1-7-24-19-14(4)20-17(13(3)15(5)25-20)11-16(19)12(2)10-18(22)21-8-9-23-6/h10-11H,7-9H2,1-6H3,(H,21,22)/b12-10+. The Labute approximate surface area is 149 Å². The molecule has 0 fully saturated rings. The van der Waals surface area contributed by atoms with Crippen molar-refractivity contribution in [3.8, 4) is 5.75 Å². The van der Waals surface area contributed by atoms with Crippen molar-refractivity contribution in [1.29, 1.82) is 0 Å². The highest BCUT2D eigenvalue weighted by molar-refractivity contribution is 5.98. The number of fused-ring (bicyclic) bond motifs is 1. The maximum atomic E-state index is 12.1. The largest absolute Gasteiger partial charge is 0.493 e. The van der Waals surface area contributed by atoms with Gasteiger partial charge in [0.1, 0.15) is 17.1 Å². The first kappa shape index (κ1) is 19.1. The van der Waals surface area contributed by atoms with Gasteiger partial charge in [-0.15, -0.1) is 0 Å². The minimum absolute atomic E-state index is 0.144. The highest BCUT2D eigenvalue weighted by Gasteiger charge is 2.18. The van der Waals surface area contributed by atoms with Gasteiger partial charge in [-0.1, -0.05) is 0 Å². The Morgan fingerprint density at radius 1 is 1.28 bits per heavy atom. The number of methoxy groups -OCH3 is 1. The van der Waals surface area contributed by atoms with Crippen molar-refractivity contribution in [3.05, 3.63) is 34.6 Å². The molecule has 1 aromatic heterocycles. The van der Waals surface area contributed by atoms with Crippen molar-refractivity contribution in [2.24, 2.45) is 0 Å². The molecule has 5 heteroatoms. The number of carbonyl (C=O) groups is 1. The first-order valence-corrected chi connectivity index (χ1v) is 8.52. The summed E-state index contributed by atoms with van der Waals surface area (Å²) in [6.45, 7) is 11.4. The van der Waals surface area contributed by atoms with Crippen LogP contribution in [0.15, 0.2) is 16.6 Å². The van der Waals surface area contributed by atoms with E-state index in [0.29, 0.717) is 19.8 Å². The summed E-state index contributed by atoms with van der Waals surface area (Å²) in [5.74, 6) is 1.52. The molecule has 0 bridgehead atoms. The van der Waals surface area contributed by atoms with Crippen molar-refractivity contribution < 1.29 is 18.7 Å². The zero-order valence-electron chi connectivity index (χ0n) is 15.9. The molecule has 0 unspecified atom stereocenters. The van der Waals surface area contributed by atoms with E-state index in [1.165, 1.54) is 0 Å². The quantitative estimate of drug-likeness (QED) is 0.610. The molecule has 1 N–H and O–H groups in total. The summed E-state index contributed by atoms with van der Waals surface area (Å²) < 4.78 is 16.7. The van der Waals surface area contributed by atoms with E-state index < -0.39 is 0 Å². The maximum Gasteiger partial charge on any atom is 0.244 e. The molecule has 25 heavy (non-hydrogen) atoms. The SMILES string of the molecule is CCOc1c(/C(C)=C/C(=O)NCCOC)cc2c(C)c(C)oc2c1C. The lowest BCUT2D eigenvalue weighted by molar-refractivity contribution is -0.116. The van der Waals surface area contributed by atoms with E-state index in [2.05, 4.69) is 5.32 Å². The van der Waals surface area contributed by atoms with Crippen LogP contribution >= 0.6 is 0 Å². The first-order chi connectivity index (χ1) is 11.9. The molecule has 0 atom stereocenters. The summed E-state index contributed by atoms with van der Waals surface area (Å²) in [5, 5.41) is 3.86. The summed E-state index contributed by atoms with van der Waals surface area (Å²) in [4.78, 5) is 12.1. The highest BCUT2D eigenvalue weighted by Crippen LogP contribution is 2.38. The highest BCUT2D eigenvalue weighted by atomic mass is 16.5. The van der Waals surface area contributed by atoms with Crippen molar-refractivity contribution in [2.45, 2.75) is 34.6 Å². The van der Waals surface area contributed by atoms with E-state index >= 15 is 0 Å². The second kappa shape index (κ2) is 8.21. The van der Waals surface area contributed by atoms with Crippen LogP contribution in [-0.2, 0) is 9.53 Å². The predicted molar refractivity (Wildman–Crippen MR) is 100 cm³/mol. The zero-order chi connectivity index (χ0) is 18.6. The number of hydrogen-bond donors (Lipinski definition) is 1. The van der Waals surface area contributed by atoms with Crippen LogP contribution in [0.2, 0.25) is 0 Å². The second-order valence-electron chi connectivity index (χ2n) is 6.08. The van der Waals surface area contributed by atoms with Gasteiger partial charge in [0.05, 0.1) is 13.2 Å². The third-order valence-corrected chi connectivity index (χ3v) is 4.31. The zero-order valence-corrected chi connectivity index (χ0v) is 15.9. The predicted octanol–water partition coefficient (Wildman–Crippen LogP) is 3.92. The summed E-state index contributed by atoms with van der Waals surface area (Å²) in [5.41, 5.74) is 4.68. The number of allylic oxidation sites excluding steroid dienone is 1. The molecule has 136 valence electrons. The lowest BCUT2D eigenvalue weighted by atomic mass is 9.98. The molecule has 1 amide bonds. The van der Waals surface area contributed by atoms with Crippen molar-refractivity contribution in [3.63, 3.8) is 0 Å². The van der Waals surface area contributed by atoms with Gasteiger partial charge in [-0.2, -0.15) is 0 Å². The molecule has 0 spiro atoms. The fourth-order valence-electron chi connectivity index (χ4n) is 2.84. The lowest BCUT2D eigenvalue weighted by Crippen LogP contribution is -2.25. The number of benzene rings is 1. The summed E-state index contributed by atoms with van der Waals surface area (Å²) in [7, 11) is 1.61. The Bertz CT molecular complexity index is 802. The number of rotatable bonds is 7. The van der Waals surface area contributed by atoms with Crippen LogP contribution in [0, 0.1) is 20.8 Å². The van der Waals surface area contributed by atoms with E-state index in [4.69, 9.17) is 13.9 Å². The summed E-state index contributed by atoms with van der Waals surface area (Å²) in [6, 6.07) is 2.05. The van der Waals surface area contributed by atoms with Crippen molar-refractivity contribution >= 4 is 22.4 Å². The van der Waals surface area contributed by atoms with Crippen LogP contribution in [0.25, 0.3) is 16.5 Å². The van der Waals surface area contributed by atoms with Gasteiger partial charge in [-0.3, -0.25) is 4.79 Å². The van der Waals surface area contributed by atoms with Gasteiger partial charge in [0.25, 0.3) is 0 Å². The lowest BCUT2D eigenvalue weighted by Gasteiger charge is -2.14. The third kappa shape index (κ3) is 4.04. The number of nitrogens with one attached hydrogen (secondary N) is 1. The molecule has 1 aromatic carbocycles. The number of hydrogen-bond acceptors (Lipinski definition) is 4. The Morgan fingerprint density at radius 2 is 2.00 bits per heavy atom. The number of furan rings is 1. The van der Waals surface area contributed by atoms with E-state index in [1.54, 1.807) is 13.2 Å². The third-order valence-electron chi connectivity index (χ3n) is 4.31. The average molecular weight is 345 g/mol. The first-order valence-electron chi connectivity index (χ1n) is 8.52. The number of ether oxygens (including phenoxy) is 2. The summed E-state index contributed by atoms with van der Waals surface area (Å²) in [6.07, 6.45) is 1.60. The molecule has 0 saturated carbocycles. The Balaban J connectivity index is 2.49. The van der Waals surface area contributed by atoms with E-state index in [9.17, 15) is 4.79 Å². The monoisotopic (exact) mass is 345 g/mol. The van der Waals surface area contributed by atoms with Crippen molar-refractivity contribution in [2.75, 3.05) is 26.9 Å². The maximum absolute atomic E-state index is 12.1. The van der Waals surface area contributed by atoms with Gasteiger partial charge in [0.2, 0.25) is 5.91 Å². The van der Waals surface area contributed by atoms with Gasteiger partial charge in [0, 0.05) is 36.2 Å².